The predicted octanol–water partition coefficient (Wildman–Crippen LogP) is 5.08. The van der Waals surface area contributed by atoms with E-state index in [2.05, 4.69) is 37.4 Å². The van der Waals surface area contributed by atoms with E-state index in [0.717, 1.165) is 0 Å². The lowest BCUT2D eigenvalue weighted by atomic mass is 9.99. The molecule has 0 amide bonds. The molecule has 0 aliphatic heterocycles. The highest BCUT2D eigenvalue weighted by Crippen LogP contribution is 2.24. The normalized spacial score (nSPS) is 15.2. The molecule has 1 rings (SSSR count). The molecule has 20 heavy (non-hydrogen) atoms. The summed E-state index contributed by atoms with van der Waals surface area (Å²) >= 11 is 0. The van der Waals surface area contributed by atoms with Crippen LogP contribution in [0.25, 0.3) is 0 Å². The Kier molecular flexibility index (Phi) is 6.06. The fourth-order valence-electron chi connectivity index (χ4n) is 2.43. The highest BCUT2D eigenvalue weighted by Gasteiger charge is 2.26. The van der Waals surface area contributed by atoms with Crippen molar-refractivity contribution in [2.24, 2.45) is 0 Å². The SMILES string of the molecule is Cc1ccc(C)c(C(C)NC(C)CCCC(F)(F)F)c1. The minimum absolute atomic E-state index is 0.0762. The monoisotopic (exact) mass is 287 g/mol. The Morgan fingerprint density at radius 2 is 1.80 bits per heavy atom. The van der Waals surface area contributed by atoms with Crippen molar-refractivity contribution < 1.29 is 13.2 Å². The molecule has 1 aromatic carbocycles. The summed E-state index contributed by atoms with van der Waals surface area (Å²) in [6, 6.07) is 6.51. The average molecular weight is 287 g/mol. The lowest BCUT2D eigenvalue weighted by molar-refractivity contribution is -0.135. The quantitative estimate of drug-likeness (QED) is 0.769. The van der Waals surface area contributed by atoms with Crippen LogP contribution in [0.3, 0.4) is 0 Å². The van der Waals surface area contributed by atoms with E-state index in [4.69, 9.17) is 0 Å². The van der Waals surface area contributed by atoms with Gasteiger partial charge < -0.3 is 5.32 Å². The average Bonchev–Trinajstić information content (AvgIpc) is 2.30. The van der Waals surface area contributed by atoms with Gasteiger partial charge in [0.2, 0.25) is 0 Å². The summed E-state index contributed by atoms with van der Waals surface area (Å²) in [4.78, 5) is 0. The molecule has 0 bridgehead atoms. The summed E-state index contributed by atoms with van der Waals surface area (Å²) in [6.07, 6.45) is -4.03. The maximum Gasteiger partial charge on any atom is 0.389 e. The molecule has 1 N–H and O–H groups in total. The largest absolute Gasteiger partial charge is 0.389 e. The highest BCUT2D eigenvalue weighted by molar-refractivity contribution is 5.32. The molecule has 0 aliphatic carbocycles. The van der Waals surface area contributed by atoms with Crippen molar-refractivity contribution in [2.45, 2.75) is 65.2 Å². The molecule has 2 unspecified atom stereocenters. The van der Waals surface area contributed by atoms with Crippen molar-refractivity contribution in [1.82, 2.24) is 5.32 Å². The number of aryl methyl sites for hydroxylation is 2. The summed E-state index contributed by atoms with van der Waals surface area (Å²) < 4.78 is 36.3. The second kappa shape index (κ2) is 7.11. The minimum Gasteiger partial charge on any atom is -0.308 e. The molecule has 1 aromatic rings. The fourth-order valence-corrected chi connectivity index (χ4v) is 2.43. The molecule has 0 radical (unpaired) electrons. The number of hydrogen-bond acceptors (Lipinski definition) is 1. The van der Waals surface area contributed by atoms with Crippen LogP contribution in [0.2, 0.25) is 0 Å². The van der Waals surface area contributed by atoms with E-state index >= 15 is 0 Å². The first-order chi connectivity index (χ1) is 9.19. The van der Waals surface area contributed by atoms with Gasteiger partial charge in [0.05, 0.1) is 0 Å². The van der Waals surface area contributed by atoms with E-state index in [1.807, 2.05) is 13.8 Å². The highest BCUT2D eigenvalue weighted by atomic mass is 19.4. The molecule has 1 nitrogen and oxygen atoms in total. The van der Waals surface area contributed by atoms with Crippen molar-refractivity contribution in [3.05, 3.63) is 34.9 Å². The number of rotatable bonds is 6. The van der Waals surface area contributed by atoms with Crippen LogP contribution in [-0.4, -0.2) is 12.2 Å². The van der Waals surface area contributed by atoms with Crippen LogP contribution in [-0.2, 0) is 0 Å². The molecule has 0 saturated heterocycles. The van der Waals surface area contributed by atoms with Crippen LogP contribution < -0.4 is 5.32 Å². The Balaban J connectivity index is 2.49. The maximum absolute atomic E-state index is 12.1. The van der Waals surface area contributed by atoms with E-state index in [9.17, 15) is 13.2 Å². The van der Waals surface area contributed by atoms with Crippen LogP contribution in [0.4, 0.5) is 13.2 Å². The van der Waals surface area contributed by atoms with Gasteiger partial charge in [-0.05, 0) is 51.7 Å². The van der Waals surface area contributed by atoms with Gasteiger partial charge in [0.25, 0.3) is 0 Å². The van der Waals surface area contributed by atoms with E-state index in [1.165, 1.54) is 16.7 Å². The zero-order valence-corrected chi connectivity index (χ0v) is 12.6. The molecule has 114 valence electrons. The predicted molar refractivity (Wildman–Crippen MR) is 76.8 cm³/mol. The second-order valence-corrected chi connectivity index (χ2v) is 5.66. The zero-order chi connectivity index (χ0) is 15.3. The number of hydrogen-bond donors (Lipinski definition) is 1. The Hall–Kier alpha value is -1.03. The van der Waals surface area contributed by atoms with Gasteiger partial charge in [-0.25, -0.2) is 0 Å². The summed E-state index contributed by atoms with van der Waals surface area (Å²) in [5.74, 6) is 0. The molecular weight excluding hydrogens is 263 g/mol. The smallest absolute Gasteiger partial charge is 0.308 e. The van der Waals surface area contributed by atoms with E-state index in [1.54, 1.807) is 0 Å². The molecule has 2 atom stereocenters. The van der Waals surface area contributed by atoms with Crippen molar-refractivity contribution >= 4 is 0 Å². The lowest BCUT2D eigenvalue weighted by Gasteiger charge is -2.22. The second-order valence-electron chi connectivity index (χ2n) is 5.66. The van der Waals surface area contributed by atoms with Crippen molar-refractivity contribution in [2.75, 3.05) is 0 Å². The topological polar surface area (TPSA) is 12.0 Å². The molecule has 0 fully saturated rings. The number of nitrogens with one attached hydrogen (secondary N) is 1. The van der Waals surface area contributed by atoms with Gasteiger partial charge in [0, 0.05) is 18.5 Å². The first-order valence-electron chi connectivity index (χ1n) is 7.09. The van der Waals surface area contributed by atoms with Gasteiger partial charge >= 0.3 is 6.18 Å². The molecule has 4 heteroatoms. The van der Waals surface area contributed by atoms with Gasteiger partial charge in [0.1, 0.15) is 0 Å². The third kappa shape index (κ3) is 5.95. The molecule has 0 saturated carbocycles. The van der Waals surface area contributed by atoms with Crippen molar-refractivity contribution in [3.8, 4) is 0 Å². The Morgan fingerprint density at radius 1 is 1.15 bits per heavy atom. The van der Waals surface area contributed by atoms with E-state index < -0.39 is 12.6 Å². The molecular formula is C16H24F3N. The summed E-state index contributed by atoms with van der Waals surface area (Å²) in [7, 11) is 0. The number of alkyl halides is 3. The van der Waals surface area contributed by atoms with Crippen LogP contribution in [0.1, 0.15) is 55.8 Å². The third-order valence-corrected chi connectivity index (χ3v) is 3.53. The van der Waals surface area contributed by atoms with Gasteiger partial charge in [-0.15, -0.1) is 0 Å². The summed E-state index contributed by atoms with van der Waals surface area (Å²) in [6.45, 7) is 8.10. The zero-order valence-electron chi connectivity index (χ0n) is 12.6. The van der Waals surface area contributed by atoms with Crippen LogP contribution in [0.15, 0.2) is 18.2 Å². The van der Waals surface area contributed by atoms with E-state index in [-0.39, 0.29) is 18.5 Å². The lowest BCUT2D eigenvalue weighted by Crippen LogP contribution is -2.29. The number of benzene rings is 1. The number of halogens is 3. The Morgan fingerprint density at radius 3 is 2.40 bits per heavy atom. The standard InChI is InChI=1S/C16H24F3N/c1-11-7-8-12(2)15(10-11)14(4)20-13(3)6-5-9-16(17,18)19/h7-8,10,13-14,20H,5-6,9H2,1-4H3. The molecule has 0 aromatic heterocycles. The van der Waals surface area contributed by atoms with E-state index in [0.29, 0.717) is 6.42 Å². The van der Waals surface area contributed by atoms with Gasteiger partial charge in [0.15, 0.2) is 0 Å². The van der Waals surface area contributed by atoms with Crippen molar-refractivity contribution in [1.29, 1.82) is 0 Å². The first kappa shape index (κ1) is 17.0. The fraction of sp³-hybridized carbons (Fsp3) is 0.625. The maximum atomic E-state index is 12.1. The third-order valence-electron chi connectivity index (χ3n) is 3.53. The Labute approximate surface area is 119 Å². The minimum atomic E-state index is -4.04. The van der Waals surface area contributed by atoms with Crippen molar-refractivity contribution in [3.63, 3.8) is 0 Å². The van der Waals surface area contributed by atoms with Crippen LogP contribution in [0, 0.1) is 13.8 Å². The first-order valence-corrected chi connectivity index (χ1v) is 7.09. The molecule has 0 heterocycles. The van der Waals surface area contributed by atoms with Crippen LogP contribution in [0.5, 0.6) is 0 Å². The van der Waals surface area contributed by atoms with Gasteiger partial charge in [-0.1, -0.05) is 23.8 Å². The van der Waals surface area contributed by atoms with Gasteiger partial charge in [-0.3, -0.25) is 0 Å². The summed E-state index contributed by atoms with van der Waals surface area (Å²) in [5, 5.41) is 3.38. The Bertz CT molecular complexity index is 426. The van der Waals surface area contributed by atoms with Gasteiger partial charge in [-0.2, -0.15) is 13.2 Å². The molecule has 0 aliphatic rings. The summed E-state index contributed by atoms with van der Waals surface area (Å²) in [5.41, 5.74) is 3.62. The van der Waals surface area contributed by atoms with Crippen LogP contribution >= 0.6 is 0 Å². The molecule has 0 spiro atoms.